The minimum Gasteiger partial charge on any atom is -0.493 e. The number of hydrogen-bond acceptors (Lipinski definition) is 4. The number of methoxy groups -OCH3 is 1. The van der Waals surface area contributed by atoms with Crippen LogP contribution in [0, 0.1) is 5.92 Å². The van der Waals surface area contributed by atoms with Gasteiger partial charge in [-0.15, -0.1) is 0 Å². The largest absolute Gasteiger partial charge is 0.493 e. The Balaban J connectivity index is 2.01. The second kappa shape index (κ2) is 9.61. The lowest BCUT2D eigenvalue weighted by atomic mass is 10.1. The van der Waals surface area contributed by atoms with Gasteiger partial charge in [0.05, 0.1) is 13.7 Å². The molecule has 0 bridgehead atoms. The van der Waals surface area contributed by atoms with E-state index in [2.05, 4.69) is 18.8 Å². The summed E-state index contributed by atoms with van der Waals surface area (Å²) in [7, 11) is 3.38. The van der Waals surface area contributed by atoms with Crippen molar-refractivity contribution in [1.82, 2.24) is 9.88 Å². The van der Waals surface area contributed by atoms with Crippen LogP contribution in [0.4, 0.5) is 0 Å². The second-order valence-corrected chi connectivity index (χ2v) is 6.50. The molecule has 0 unspecified atom stereocenters. The first-order valence-electron chi connectivity index (χ1n) is 8.62. The lowest BCUT2D eigenvalue weighted by Crippen LogP contribution is -2.24. The predicted octanol–water partition coefficient (Wildman–Crippen LogP) is 3.80. The van der Waals surface area contributed by atoms with Crippen molar-refractivity contribution >= 4 is 12.0 Å². The molecule has 0 aliphatic rings. The molecule has 26 heavy (non-hydrogen) atoms. The number of carbonyl (C=O) groups is 1. The van der Waals surface area contributed by atoms with E-state index in [1.165, 1.54) is 0 Å². The van der Waals surface area contributed by atoms with Gasteiger partial charge in [0, 0.05) is 32.1 Å². The third kappa shape index (κ3) is 5.92. The maximum Gasteiger partial charge on any atom is 0.246 e. The van der Waals surface area contributed by atoms with Gasteiger partial charge < -0.3 is 14.4 Å². The number of ether oxygens (including phenoxy) is 2. The van der Waals surface area contributed by atoms with Crippen molar-refractivity contribution in [2.45, 2.75) is 20.4 Å². The molecule has 0 aliphatic carbocycles. The zero-order chi connectivity index (χ0) is 18.9. The Hall–Kier alpha value is -2.82. The minimum atomic E-state index is -0.0760. The molecule has 0 aliphatic heterocycles. The van der Waals surface area contributed by atoms with Crippen LogP contribution in [-0.2, 0) is 11.3 Å². The van der Waals surface area contributed by atoms with Gasteiger partial charge in [-0.2, -0.15) is 0 Å². The number of amides is 1. The highest BCUT2D eigenvalue weighted by Gasteiger charge is 2.08. The normalized spacial score (nSPS) is 11.0. The summed E-state index contributed by atoms with van der Waals surface area (Å²) in [5, 5.41) is 0. The SMILES string of the molecule is COc1cc(/C=C/C(=O)N(C)Cc2cccnc2)ccc1OCC(C)C. The molecule has 138 valence electrons. The van der Waals surface area contributed by atoms with E-state index in [0.717, 1.165) is 11.1 Å². The van der Waals surface area contributed by atoms with Crippen LogP contribution in [-0.4, -0.2) is 36.6 Å². The van der Waals surface area contributed by atoms with Crippen LogP contribution in [0.1, 0.15) is 25.0 Å². The van der Waals surface area contributed by atoms with E-state index in [1.54, 1.807) is 43.6 Å². The number of hydrogen-bond donors (Lipinski definition) is 0. The Kier molecular flexibility index (Phi) is 7.21. The Labute approximate surface area is 155 Å². The molecular weight excluding hydrogens is 328 g/mol. The zero-order valence-corrected chi connectivity index (χ0v) is 15.8. The van der Waals surface area contributed by atoms with E-state index < -0.39 is 0 Å². The summed E-state index contributed by atoms with van der Waals surface area (Å²) in [6.07, 6.45) is 6.80. The van der Waals surface area contributed by atoms with E-state index in [1.807, 2.05) is 30.3 Å². The lowest BCUT2D eigenvalue weighted by molar-refractivity contribution is -0.125. The van der Waals surface area contributed by atoms with Gasteiger partial charge in [0.25, 0.3) is 0 Å². The van der Waals surface area contributed by atoms with E-state index in [0.29, 0.717) is 30.6 Å². The topological polar surface area (TPSA) is 51.7 Å². The van der Waals surface area contributed by atoms with Crippen molar-refractivity contribution in [2.75, 3.05) is 20.8 Å². The Morgan fingerprint density at radius 3 is 2.73 bits per heavy atom. The average molecular weight is 354 g/mol. The van der Waals surface area contributed by atoms with Gasteiger partial charge in [0.2, 0.25) is 5.91 Å². The Morgan fingerprint density at radius 2 is 2.08 bits per heavy atom. The standard InChI is InChI=1S/C21H26N2O3/c1-16(2)15-26-19-9-7-17(12-20(19)25-4)8-10-21(24)23(3)14-18-6-5-11-22-13-18/h5-13,16H,14-15H2,1-4H3/b10-8+. The molecule has 5 heteroatoms. The average Bonchev–Trinajstić information content (AvgIpc) is 2.65. The molecule has 0 saturated carbocycles. The van der Waals surface area contributed by atoms with Crippen molar-refractivity contribution < 1.29 is 14.3 Å². The number of carbonyl (C=O) groups excluding carboxylic acids is 1. The fourth-order valence-electron chi connectivity index (χ4n) is 2.30. The van der Waals surface area contributed by atoms with Gasteiger partial charge in [-0.3, -0.25) is 9.78 Å². The third-order valence-corrected chi connectivity index (χ3v) is 3.70. The quantitative estimate of drug-likeness (QED) is 0.677. The van der Waals surface area contributed by atoms with Gasteiger partial charge in [-0.1, -0.05) is 26.0 Å². The van der Waals surface area contributed by atoms with Crippen molar-refractivity contribution in [3.8, 4) is 11.5 Å². The molecule has 0 atom stereocenters. The number of benzene rings is 1. The van der Waals surface area contributed by atoms with E-state index in [-0.39, 0.29) is 5.91 Å². The lowest BCUT2D eigenvalue weighted by Gasteiger charge is -2.15. The van der Waals surface area contributed by atoms with Crippen molar-refractivity contribution in [3.05, 3.63) is 59.9 Å². The summed E-state index contributed by atoms with van der Waals surface area (Å²) in [5.41, 5.74) is 1.87. The number of nitrogens with zero attached hydrogens (tertiary/aromatic N) is 2. The first-order chi connectivity index (χ1) is 12.5. The van der Waals surface area contributed by atoms with Crippen LogP contribution in [0.3, 0.4) is 0 Å². The molecule has 0 saturated heterocycles. The molecule has 2 rings (SSSR count). The summed E-state index contributed by atoms with van der Waals surface area (Å²) in [6, 6.07) is 9.44. The molecule has 0 N–H and O–H groups in total. The molecule has 1 aromatic heterocycles. The highest BCUT2D eigenvalue weighted by Crippen LogP contribution is 2.29. The predicted molar refractivity (Wildman–Crippen MR) is 103 cm³/mol. The molecule has 0 fully saturated rings. The van der Waals surface area contributed by atoms with Crippen LogP contribution >= 0.6 is 0 Å². The molecule has 1 amide bonds. The fourth-order valence-corrected chi connectivity index (χ4v) is 2.30. The third-order valence-electron chi connectivity index (χ3n) is 3.70. The zero-order valence-electron chi connectivity index (χ0n) is 15.8. The van der Waals surface area contributed by atoms with Crippen LogP contribution < -0.4 is 9.47 Å². The van der Waals surface area contributed by atoms with Crippen molar-refractivity contribution in [3.63, 3.8) is 0 Å². The van der Waals surface area contributed by atoms with Gasteiger partial charge in [-0.25, -0.2) is 0 Å². The number of aromatic nitrogens is 1. The molecule has 1 aromatic carbocycles. The molecule has 2 aromatic rings. The van der Waals surface area contributed by atoms with Crippen LogP contribution in [0.5, 0.6) is 11.5 Å². The first-order valence-corrected chi connectivity index (χ1v) is 8.62. The van der Waals surface area contributed by atoms with Crippen molar-refractivity contribution in [2.24, 2.45) is 5.92 Å². The molecule has 0 spiro atoms. The minimum absolute atomic E-state index is 0.0760. The van der Waals surface area contributed by atoms with Gasteiger partial charge in [0.1, 0.15) is 0 Å². The van der Waals surface area contributed by atoms with Crippen LogP contribution in [0.25, 0.3) is 6.08 Å². The van der Waals surface area contributed by atoms with E-state index in [4.69, 9.17) is 9.47 Å². The number of pyridine rings is 1. The Bertz CT molecular complexity index is 742. The highest BCUT2D eigenvalue weighted by molar-refractivity contribution is 5.91. The van der Waals surface area contributed by atoms with Crippen LogP contribution in [0.2, 0.25) is 0 Å². The maximum absolute atomic E-state index is 12.3. The fraction of sp³-hybridized carbons (Fsp3) is 0.333. The first kappa shape index (κ1) is 19.5. The summed E-state index contributed by atoms with van der Waals surface area (Å²) in [5.74, 6) is 1.72. The summed E-state index contributed by atoms with van der Waals surface area (Å²) in [6.45, 7) is 5.33. The van der Waals surface area contributed by atoms with Gasteiger partial charge >= 0.3 is 0 Å². The smallest absolute Gasteiger partial charge is 0.246 e. The molecular formula is C21H26N2O3. The number of rotatable bonds is 8. The monoisotopic (exact) mass is 354 g/mol. The summed E-state index contributed by atoms with van der Waals surface area (Å²) >= 11 is 0. The number of likely N-dealkylation sites (N-methyl/N-ethyl adjacent to an activating group) is 1. The van der Waals surface area contributed by atoms with Gasteiger partial charge in [0.15, 0.2) is 11.5 Å². The maximum atomic E-state index is 12.3. The second-order valence-electron chi connectivity index (χ2n) is 6.50. The summed E-state index contributed by atoms with van der Waals surface area (Å²) < 4.78 is 11.1. The van der Waals surface area contributed by atoms with Crippen molar-refractivity contribution in [1.29, 1.82) is 0 Å². The molecule has 0 radical (unpaired) electrons. The Morgan fingerprint density at radius 1 is 1.27 bits per heavy atom. The molecule has 5 nitrogen and oxygen atoms in total. The van der Waals surface area contributed by atoms with E-state index in [9.17, 15) is 4.79 Å². The summed E-state index contributed by atoms with van der Waals surface area (Å²) in [4.78, 5) is 18.0. The van der Waals surface area contributed by atoms with Crippen LogP contribution in [0.15, 0.2) is 48.8 Å². The van der Waals surface area contributed by atoms with E-state index >= 15 is 0 Å². The highest BCUT2D eigenvalue weighted by atomic mass is 16.5. The van der Waals surface area contributed by atoms with Gasteiger partial charge in [-0.05, 0) is 41.3 Å². The molecule has 1 heterocycles.